The van der Waals surface area contributed by atoms with Crippen molar-refractivity contribution >= 4 is 35.6 Å². The largest absolute Gasteiger partial charge is 0.873 e. The zero-order valence-corrected chi connectivity index (χ0v) is 20.3. The Morgan fingerprint density at radius 1 is 0.650 bits per heavy atom. The van der Waals surface area contributed by atoms with E-state index >= 15 is 0 Å². The summed E-state index contributed by atoms with van der Waals surface area (Å²) in [7, 11) is 1.19. The third-order valence-electron chi connectivity index (χ3n) is 5.20. The number of hydrogen-bond donors (Lipinski definition) is 4. The number of aromatic hydroxyl groups is 1. The number of anilines is 3. The van der Waals surface area contributed by atoms with Crippen LogP contribution in [0.4, 0.5) is 17.8 Å². The molecule has 15 heteroatoms. The molecule has 1 aromatic heterocycles. The highest BCUT2D eigenvalue weighted by Crippen LogP contribution is 2.29. The number of nitrogens with one attached hydrogen (secondary N) is 3. The Labute approximate surface area is 224 Å². The molecule has 15 nitrogen and oxygen atoms in total. The number of phenols is 1. The first-order valence-corrected chi connectivity index (χ1v) is 11.1. The topological polar surface area (TPSA) is 248 Å². The molecule has 0 saturated carbocycles. The standard InChI is InChI=1S/C25H20N6O9/c1-40-19-13(7-4-10-16(19)34)22(39)28-25-30-23(26-20(37)11-5-2-8-14(32)17(11)35)29-24(31-25)27-21(38)12-6-3-9-15(33)18(12)36/h2-10,32-36H,1H3,(H3,26,27,28,29,30,31,37,38,39)/p-4. The first-order valence-electron chi connectivity index (χ1n) is 11.1. The van der Waals surface area contributed by atoms with E-state index in [1.165, 1.54) is 37.4 Å². The predicted molar refractivity (Wildman–Crippen MR) is 129 cm³/mol. The average molecular weight is 544 g/mol. The van der Waals surface area contributed by atoms with Gasteiger partial charge in [0.2, 0.25) is 17.8 Å². The first kappa shape index (κ1) is 26.9. The first-order chi connectivity index (χ1) is 19.1. The molecule has 4 rings (SSSR count). The van der Waals surface area contributed by atoms with E-state index in [1.807, 2.05) is 0 Å². The zero-order chi connectivity index (χ0) is 29.0. The molecule has 0 radical (unpaired) electrons. The number of phenolic OH excluding ortho intramolecular Hbond substituents is 1. The fraction of sp³-hybridized carbons (Fsp3) is 0.0400. The number of hydrogen-bond acceptors (Lipinski definition) is 12. The molecule has 1 heterocycles. The van der Waals surface area contributed by atoms with Crippen molar-refractivity contribution in [2.45, 2.75) is 0 Å². The highest BCUT2D eigenvalue weighted by Gasteiger charge is 2.19. The Morgan fingerprint density at radius 3 is 1.60 bits per heavy atom. The van der Waals surface area contributed by atoms with Gasteiger partial charge in [-0.1, -0.05) is 47.9 Å². The maximum absolute atomic E-state index is 12.9. The van der Waals surface area contributed by atoms with Crippen molar-refractivity contribution in [3.63, 3.8) is 0 Å². The van der Waals surface area contributed by atoms with Crippen molar-refractivity contribution in [3.8, 4) is 34.5 Å². The number of carbonyl (C=O) groups excluding carboxylic acids is 3. The van der Waals surface area contributed by atoms with E-state index < -0.39 is 75.4 Å². The normalized spacial score (nSPS) is 10.4. The Kier molecular flexibility index (Phi) is 7.47. The van der Waals surface area contributed by atoms with Crippen molar-refractivity contribution in [1.29, 1.82) is 0 Å². The molecule has 0 bridgehead atoms. The molecule has 0 fully saturated rings. The van der Waals surface area contributed by atoms with Crippen molar-refractivity contribution < 1.29 is 44.7 Å². The fourth-order valence-corrected chi connectivity index (χ4v) is 3.35. The molecular weight excluding hydrogens is 528 g/mol. The lowest BCUT2D eigenvalue weighted by Crippen LogP contribution is -2.22. The molecule has 3 aromatic carbocycles. The van der Waals surface area contributed by atoms with Gasteiger partial charge in [-0.3, -0.25) is 30.3 Å². The lowest BCUT2D eigenvalue weighted by molar-refractivity contribution is -0.317. The van der Waals surface area contributed by atoms with Crippen LogP contribution in [0, 0.1) is 0 Å². The second-order valence-electron chi connectivity index (χ2n) is 7.79. The SMILES string of the molecule is COc1c([O-])cccc1C(=O)Nc1nc(NC(=O)c2cccc([O-])c2[O-])nc(NC(=O)c2cccc(O)c2[O-])n1. The van der Waals surface area contributed by atoms with Gasteiger partial charge in [0.25, 0.3) is 17.7 Å². The van der Waals surface area contributed by atoms with E-state index in [0.717, 1.165) is 24.3 Å². The number of aromatic nitrogens is 3. The van der Waals surface area contributed by atoms with E-state index in [9.17, 15) is 39.9 Å². The van der Waals surface area contributed by atoms with Crippen LogP contribution in [0.15, 0.2) is 54.6 Å². The Bertz CT molecular complexity index is 1560. The second-order valence-corrected chi connectivity index (χ2v) is 7.79. The number of nitrogens with zero attached hydrogens (tertiary/aromatic N) is 3. The molecule has 3 amide bonds. The third kappa shape index (κ3) is 5.57. The molecule has 0 aliphatic rings. The van der Waals surface area contributed by atoms with Crippen LogP contribution in [0.25, 0.3) is 0 Å². The Balaban J connectivity index is 1.69. The summed E-state index contributed by atoms with van der Waals surface area (Å²) in [5.41, 5.74) is -1.20. The second kappa shape index (κ2) is 11.1. The molecule has 0 spiro atoms. The third-order valence-corrected chi connectivity index (χ3v) is 5.20. The van der Waals surface area contributed by atoms with E-state index in [1.54, 1.807) is 0 Å². The van der Waals surface area contributed by atoms with Gasteiger partial charge in [0.15, 0.2) is 0 Å². The van der Waals surface area contributed by atoms with Gasteiger partial charge >= 0.3 is 0 Å². The molecule has 0 unspecified atom stereocenters. The lowest BCUT2D eigenvalue weighted by Gasteiger charge is -2.21. The van der Waals surface area contributed by atoms with E-state index in [0.29, 0.717) is 0 Å². The molecule has 4 aromatic rings. The van der Waals surface area contributed by atoms with Gasteiger partial charge in [-0.25, -0.2) is 0 Å². The minimum absolute atomic E-state index is 0.189. The van der Waals surface area contributed by atoms with Gasteiger partial charge in [0, 0.05) is 11.1 Å². The van der Waals surface area contributed by atoms with E-state index in [-0.39, 0.29) is 11.3 Å². The van der Waals surface area contributed by atoms with Gasteiger partial charge in [-0.2, -0.15) is 15.0 Å². The zero-order valence-electron chi connectivity index (χ0n) is 20.3. The molecule has 0 atom stereocenters. The maximum Gasteiger partial charge on any atom is 0.261 e. The average Bonchev–Trinajstić information content (AvgIpc) is 2.91. The van der Waals surface area contributed by atoms with Crippen LogP contribution in [0.2, 0.25) is 0 Å². The summed E-state index contributed by atoms with van der Waals surface area (Å²) in [5.74, 6) is -9.29. The van der Waals surface area contributed by atoms with Crippen LogP contribution in [0.3, 0.4) is 0 Å². The molecule has 204 valence electrons. The fourth-order valence-electron chi connectivity index (χ4n) is 3.35. The Morgan fingerprint density at radius 2 is 1.07 bits per heavy atom. The van der Waals surface area contributed by atoms with E-state index in [2.05, 4.69) is 30.9 Å². The number of amides is 3. The van der Waals surface area contributed by atoms with E-state index in [4.69, 9.17) is 4.74 Å². The van der Waals surface area contributed by atoms with Crippen molar-refractivity contribution in [1.82, 2.24) is 15.0 Å². The van der Waals surface area contributed by atoms with Crippen LogP contribution in [0.5, 0.6) is 34.5 Å². The summed E-state index contributed by atoms with van der Waals surface area (Å²) in [6.07, 6.45) is 0. The molecule has 0 saturated heterocycles. The smallest absolute Gasteiger partial charge is 0.261 e. The summed E-state index contributed by atoms with van der Waals surface area (Å²) in [6, 6.07) is 10.5. The number of ether oxygens (including phenoxy) is 1. The van der Waals surface area contributed by atoms with Crippen molar-refractivity contribution in [2.24, 2.45) is 0 Å². The minimum Gasteiger partial charge on any atom is -0.873 e. The lowest BCUT2D eigenvalue weighted by atomic mass is 10.1. The highest BCUT2D eigenvalue weighted by atomic mass is 16.5. The number of carbonyl (C=O) groups is 3. The number of para-hydroxylation sites is 3. The monoisotopic (exact) mass is 544 g/mol. The maximum atomic E-state index is 12.9. The van der Waals surface area contributed by atoms with Crippen molar-refractivity contribution in [3.05, 3.63) is 71.3 Å². The number of rotatable bonds is 7. The van der Waals surface area contributed by atoms with Crippen LogP contribution in [0.1, 0.15) is 31.1 Å². The highest BCUT2D eigenvalue weighted by molar-refractivity contribution is 6.08. The van der Waals surface area contributed by atoms with Gasteiger partial charge in [0.1, 0.15) is 11.5 Å². The number of benzene rings is 3. The summed E-state index contributed by atoms with van der Waals surface area (Å²) < 4.78 is 4.98. The van der Waals surface area contributed by atoms with Gasteiger partial charge in [0.05, 0.1) is 12.7 Å². The Hall–Kier alpha value is -6.12. The van der Waals surface area contributed by atoms with Gasteiger partial charge < -0.3 is 30.3 Å². The van der Waals surface area contributed by atoms with Crippen LogP contribution < -0.4 is 41.1 Å². The number of methoxy groups -OCH3 is 1. The summed E-state index contributed by atoms with van der Waals surface area (Å²) >= 11 is 0. The summed E-state index contributed by atoms with van der Waals surface area (Å²) in [4.78, 5) is 49.8. The van der Waals surface area contributed by atoms with Gasteiger partial charge in [-0.15, -0.1) is 11.5 Å². The summed E-state index contributed by atoms with van der Waals surface area (Å²) in [6.45, 7) is 0. The molecular formula is C25H16N6O9-4. The van der Waals surface area contributed by atoms with Crippen LogP contribution in [-0.4, -0.2) is 44.9 Å². The molecule has 40 heavy (non-hydrogen) atoms. The van der Waals surface area contributed by atoms with Crippen molar-refractivity contribution in [2.75, 3.05) is 23.1 Å². The molecule has 4 N–H and O–H groups in total. The minimum atomic E-state index is -1.09. The van der Waals surface area contributed by atoms with Crippen LogP contribution >= 0.6 is 0 Å². The van der Waals surface area contributed by atoms with Gasteiger partial charge in [-0.05, 0) is 18.2 Å². The predicted octanol–water partition coefficient (Wildman–Crippen LogP) is -0.363. The quantitative estimate of drug-likeness (QED) is 0.233. The molecule has 0 aliphatic carbocycles. The molecule has 0 aliphatic heterocycles. The summed E-state index contributed by atoms with van der Waals surface area (Å²) in [5, 5.41) is 64.1. The van der Waals surface area contributed by atoms with Crippen LogP contribution in [-0.2, 0) is 0 Å².